The summed E-state index contributed by atoms with van der Waals surface area (Å²) in [5.41, 5.74) is 2.92. The molecule has 0 spiro atoms. The van der Waals surface area contributed by atoms with Gasteiger partial charge in [-0.2, -0.15) is 5.10 Å². The fourth-order valence-electron chi connectivity index (χ4n) is 1.48. The molecular formula is C11H14ClN5. The zero-order valence-corrected chi connectivity index (χ0v) is 10.8. The van der Waals surface area contributed by atoms with Crippen LogP contribution in [0.3, 0.4) is 0 Å². The summed E-state index contributed by atoms with van der Waals surface area (Å²) in [5, 5.41) is 15.8. The molecule has 0 saturated carbocycles. The lowest BCUT2D eigenvalue weighted by atomic mass is 10.2. The maximum atomic E-state index is 5.89. The van der Waals surface area contributed by atoms with Crippen molar-refractivity contribution in [2.24, 2.45) is 7.05 Å². The van der Waals surface area contributed by atoms with Crippen LogP contribution >= 0.6 is 11.6 Å². The monoisotopic (exact) mass is 251 g/mol. The van der Waals surface area contributed by atoms with Crippen molar-refractivity contribution in [1.82, 2.24) is 20.0 Å². The largest absolute Gasteiger partial charge is 0.363 e. The minimum atomic E-state index is 0.450. The molecule has 0 fully saturated rings. The van der Waals surface area contributed by atoms with E-state index in [0.717, 1.165) is 22.6 Å². The van der Waals surface area contributed by atoms with Crippen LogP contribution in [0.2, 0.25) is 5.15 Å². The Labute approximate surface area is 105 Å². The third-order valence-corrected chi connectivity index (χ3v) is 3.03. The van der Waals surface area contributed by atoms with E-state index in [0.29, 0.717) is 11.7 Å². The van der Waals surface area contributed by atoms with Crippen LogP contribution in [-0.2, 0) is 13.6 Å². The second kappa shape index (κ2) is 4.71. The molecule has 0 amide bonds. The smallest absolute Gasteiger partial charge is 0.155 e. The number of aromatic nitrogens is 4. The van der Waals surface area contributed by atoms with Crippen LogP contribution in [0.25, 0.3) is 0 Å². The molecule has 2 aromatic heterocycles. The van der Waals surface area contributed by atoms with Gasteiger partial charge in [-0.3, -0.25) is 4.68 Å². The van der Waals surface area contributed by atoms with Crippen molar-refractivity contribution < 1.29 is 0 Å². The van der Waals surface area contributed by atoms with E-state index < -0.39 is 0 Å². The molecule has 0 saturated heterocycles. The van der Waals surface area contributed by atoms with E-state index in [9.17, 15) is 0 Å². The van der Waals surface area contributed by atoms with E-state index in [4.69, 9.17) is 11.6 Å². The summed E-state index contributed by atoms with van der Waals surface area (Å²) in [7, 11) is 1.89. The van der Waals surface area contributed by atoms with E-state index in [-0.39, 0.29) is 0 Å². The normalized spacial score (nSPS) is 10.6. The quantitative estimate of drug-likeness (QED) is 0.908. The Balaban J connectivity index is 2.12. The highest BCUT2D eigenvalue weighted by molar-refractivity contribution is 6.30. The lowest BCUT2D eigenvalue weighted by molar-refractivity contribution is 0.746. The Bertz CT molecular complexity index is 535. The number of nitrogens with one attached hydrogen (secondary N) is 1. The molecule has 0 radical (unpaired) electrons. The highest BCUT2D eigenvalue weighted by atomic mass is 35.5. The number of halogens is 1. The Kier molecular flexibility index (Phi) is 3.28. The van der Waals surface area contributed by atoms with Gasteiger partial charge in [0.2, 0.25) is 0 Å². The van der Waals surface area contributed by atoms with Gasteiger partial charge in [0, 0.05) is 13.2 Å². The Hall–Kier alpha value is -1.62. The average molecular weight is 252 g/mol. The third-order valence-electron chi connectivity index (χ3n) is 2.67. The Morgan fingerprint density at radius 1 is 1.29 bits per heavy atom. The second-order valence-corrected chi connectivity index (χ2v) is 4.28. The van der Waals surface area contributed by atoms with Gasteiger partial charge in [0.15, 0.2) is 11.0 Å². The number of hydrogen-bond donors (Lipinski definition) is 1. The van der Waals surface area contributed by atoms with E-state index >= 15 is 0 Å². The summed E-state index contributed by atoms with van der Waals surface area (Å²) in [6.07, 6.45) is 1.91. The number of hydrogen-bond acceptors (Lipinski definition) is 4. The standard InChI is InChI=1S/C11H14ClN5/c1-7-8(2)11(15-14-10(7)12)13-6-9-4-5-17(3)16-9/h4-5H,6H2,1-3H3,(H,13,15). The van der Waals surface area contributed by atoms with Crippen LogP contribution in [-0.4, -0.2) is 20.0 Å². The topological polar surface area (TPSA) is 55.6 Å². The van der Waals surface area contributed by atoms with Gasteiger partial charge in [0.1, 0.15) is 0 Å². The zero-order chi connectivity index (χ0) is 12.4. The fraction of sp³-hybridized carbons (Fsp3) is 0.364. The number of rotatable bonds is 3. The van der Waals surface area contributed by atoms with Crippen LogP contribution in [0, 0.1) is 13.8 Å². The molecule has 2 rings (SSSR count). The molecule has 6 heteroatoms. The first-order chi connectivity index (χ1) is 8.08. The van der Waals surface area contributed by atoms with Crippen LogP contribution in [0.4, 0.5) is 5.82 Å². The van der Waals surface area contributed by atoms with E-state index in [1.54, 1.807) is 4.68 Å². The molecule has 90 valence electrons. The molecule has 0 aromatic carbocycles. The number of anilines is 1. The predicted molar refractivity (Wildman–Crippen MR) is 67.1 cm³/mol. The van der Waals surface area contributed by atoms with Crippen molar-refractivity contribution in [2.75, 3.05) is 5.32 Å². The molecule has 5 nitrogen and oxygen atoms in total. The lowest BCUT2D eigenvalue weighted by Gasteiger charge is -2.09. The molecule has 2 aromatic rings. The SMILES string of the molecule is Cc1c(Cl)nnc(NCc2ccn(C)n2)c1C. The number of nitrogens with zero attached hydrogens (tertiary/aromatic N) is 4. The van der Waals surface area contributed by atoms with Gasteiger partial charge in [-0.05, 0) is 31.0 Å². The van der Waals surface area contributed by atoms with Crippen molar-refractivity contribution in [2.45, 2.75) is 20.4 Å². The first-order valence-corrected chi connectivity index (χ1v) is 5.67. The molecule has 0 aliphatic carbocycles. The average Bonchev–Trinajstić information content (AvgIpc) is 2.71. The van der Waals surface area contributed by atoms with Gasteiger partial charge in [0.05, 0.1) is 12.2 Å². The molecular weight excluding hydrogens is 238 g/mol. The van der Waals surface area contributed by atoms with Crippen LogP contribution in [0.15, 0.2) is 12.3 Å². The molecule has 2 heterocycles. The number of aryl methyl sites for hydroxylation is 1. The summed E-state index contributed by atoms with van der Waals surface area (Å²) >= 11 is 5.89. The summed E-state index contributed by atoms with van der Waals surface area (Å²) < 4.78 is 1.77. The molecule has 0 bridgehead atoms. The van der Waals surface area contributed by atoms with Crippen LogP contribution in [0.5, 0.6) is 0 Å². The Morgan fingerprint density at radius 2 is 2.06 bits per heavy atom. The molecule has 0 atom stereocenters. The van der Waals surface area contributed by atoms with Gasteiger partial charge in [0.25, 0.3) is 0 Å². The van der Waals surface area contributed by atoms with E-state index in [2.05, 4.69) is 20.6 Å². The van der Waals surface area contributed by atoms with Gasteiger partial charge in [-0.15, -0.1) is 10.2 Å². The summed E-state index contributed by atoms with van der Waals surface area (Å²) in [6, 6.07) is 1.96. The van der Waals surface area contributed by atoms with Crippen LogP contribution < -0.4 is 5.32 Å². The van der Waals surface area contributed by atoms with Gasteiger partial charge < -0.3 is 5.32 Å². The van der Waals surface area contributed by atoms with Crippen molar-refractivity contribution in [3.05, 3.63) is 34.2 Å². The first kappa shape index (κ1) is 11.9. The van der Waals surface area contributed by atoms with Crippen molar-refractivity contribution in [3.8, 4) is 0 Å². The van der Waals surface area contributed by atoms with Crippen molar-refractivity contribution in [3.63, 3.8) is 0 Å². The molecule has 1 N–H and O–H groups in total. The summed E-state index contributed by atoms with van der Waals surface area (Å²) in [4.78, 5) is 0. The van der Waals surface area contributed by atoms with Crippen molar-refractivity contribution in [1.29, 1.82) is 0 Å². The van der Waals surface area contributed by atoms with E-state index in [1.165, 1.54) is 0 Å². The highest BCUT2D eigenvalue weighted by Gasteiger charge is 2.08. The van der Waals surface area contributed by atoms with Gasteiger partial charge in [-0.25, -0.2) is 0 Å². The first-order valence-electron chi connectivity index (χ1n) is 5.29. The molecule has 0 aliphatic heterocycles. The zero-order valence-electron chi connectivity index (χ0n) is 10.0. The maximum Gasteiger partial charge on any atom is 0.155 e. The van der Waals surface area contributed by atoms with Crippen molar-refractivity contribution >= 4 is 17.4 Å². The molecule has 17 heavy (non-hydrogen) atoms. The summed E-state index contributed by atoms with van der Waals surface area (Å²) in [6.45, 7) is 4.52. The molecule has 0 unspecified atom stereocenters. The van der Waals surface area contributed by atoms with Gasteiger partial charge >= 0.3 is 0 Å². The second-order valence-electron chi connectivity index (χ2n) is 3.92. The molecule has 0 aliphatic rings. The van der Waals surface area contributed by atoms with Gasteiger partial charge in [-0.1, -0.05) is 11.6 Å². The predicted octanol–water partition coefficient (Wildman–Crippen LogP) is 2.09. The third kappa shape index (κ3) is 2.55. The minimum absolute atomic E-state index is 0.450. The fourth-order valence-corrected chi connectivity index (χ4v) is 1.66. The van der Waals surface area contributed by atoms with E-state index in [1.807, 2.05) is 33.2 Å². The Morgan fingerprint density at radius 3 is 2.71 bits per heavy atom. The maximum absolute atomic E-state index is 5.89. The lowest BCUT2D eigenvalue weighted by Crippen LogP contribution is -2.06. The minimum Gasteiger partial charge on any atom is -0.363 e. The van der Waals surface area contributed by atoms with Crippen LogP contribution in [0.1, 0.15) is 16.8 Å². The summed E-state index contributed by atoms with van der Waals surface area (Å²) in [5.74, 6) is 0.748. The highest BCUT2D eigenvalue weighted by Crippen LogP contribution is 2.20.